The lowest BCUT2D eigenvalue weighted by molar-refractivity contribution is 0.414. The summed E-state index contributed by atoms with van der Waals surface area (Å²) in [5, 5.41) is 14.9. The smallest absolute Gasteiger partial charge is 0.191 e. The Kier molecular flexibility index (Phi) is 9.17. The fourth-order valence-corrected chi connectivity index (χ4v) is 2.67. The summed E-state index contributed by atoms with van der Waals surface area (Å²) in [6, 6.07) is 8.18. The second-order valence-electron chi connectivity index (χ2n) is 6.33. The predicted octanol–water partition coefficient (Wildman–Crippen LogP) is 2.43. The van der Waals surface area contributed by atoms with E-state index in [4.69, 9.17) is 4.74 Å². The van der Waals surface area contributed by atoms with E-state index < -0.39 is 0 Å². The summed E-state index contributed by atoms with van der Waals surface area (Å²) in [5.41, 5.74) is 1.27. The number of nitrogens with one attached hydrogen (secondary N) is 2. The van der Waals surface area contributed by atoms with Gasteiger partial charge < -0.3 is 19.9 Å². The zero-order valence-electron chi connectivity index (χ0n) is 16.7. The highest BCUT2D eigenvalue weighted by Gasteiger charge is 2.03. The first-order valence-electron chi connectivity index (χ1n) is 9.78. The lowest BCUT2D eigenvalue weighted by Gasteiger charge is -2.13. The topological polar surface area (TPSA) is 76.4 Å². The van der Waals surface area contributed by atoms with E-state index in [0.717, 1.165) is 69.4 Å². The molecule has 0 aliphatic rings. The van der Waals surface area contributed by atoms with E-state index in [1.54, 1.807) is 13.4 Å². The maximum atomic E-state index is 5.20. The van der Waals surface area contributed by atoms with Crippen LogP contribution < -0.4 is 15.4 Å². The van der Waals surface area contributed by atoms with Crippen molar-refractivity contribution in [3.8, 4) is 5.75 Å². The number of guanidine groups is 1. The van der Waals surface area contributed by atoms with Crippen molar-refractivity contribution in [1.29, 1.82) is 0 Å². The molecule has 0 atom stereocenters. The number of hydrogen-bond donors (Lipinski definition) is 2. The minimum Gasteiger partial charge on any atom is -0.497 e. The second kappa shape index (κ2) is 11.9. The summed E-state index contributed by atoms with van der Waals surface area (Å²) < 4.78 is 7.28. The first kappa shape index (κ1) is 20.7. The Morgan fingerprint density at radius 1 is 1.15 bits per heavy atom. The number of aliphatic imine (C=N–C) groups is 1. The average Bonchev–Trinajstić information content (AvgIpc) is 3.16. The number of rotatable bonds is 11. The molecular formula is C20H32N6O. The molecule has 1 aromatic carbocycles. The quantitative estimate of drug-likeness (QED) is 0.360. The van der Waals surface area contributed by atoms with Gasteiger partial charge >= 0.3 is 0 Å². The van der Waals surface area contributed by atoms with Gasteiger partial charge in [0.25, 0.3) is 0 Å². The molecule has 0 amide bonds. The van der Waals surface area contributed by atoms with E-state index >= 15 is 0 Å². The number of aromatic nitrogens is 3. The molecule has 0 aliphatic heterocycles. The van der Waals surface area contributed by atoms with Crippen molar-refractivity contribution >= 4 is 5.96 Å². The molecule has 2 N–H and O–H groups in total. The van der Waals surface area contributed by atoms with Gasteiger partial charge in [-0.2, -0.15) is 0 Å². The highest BCUT2D eigenvalue weighted by Crippen LogP contribution is 2.11. The Labute approximate surface area is 162 Å². The van der Waals surface area contributed by atoms with E-state index in [1.165, 1.54) is 5.56 Å². The monoisotopic (exact) mass is 372 g/mol. The predicted molar refractivity (Wildman–Crippen MR) is 109 cm³/mol. The number of hydrogen-bond acceptors (Lipinski definition) is 4. The molecule has 148 valence electrons. The van der Waals surface area contributed by atoms with Crippen LogP contribution in [0.5, 0.6) is 5.75 Å². The van der Waals surface area contributed by atoms with Crippen LogP contribution >= 0.6 is 0 Å². The van der Waals surface area contributed by atoms with E-state index in [0.29, 0.717) is 0 Å². The Balaban J connectivity index is 1.80. The molecule has 0 radical (unpaired) electrons. The van der Waals surface area contributed by atoms with Crippen LogP contribution in [0.3, 0.4) is 0 Å². The van der Waals surface area contributed by atoms with Gasteiger partial charge in [0.05, 0.1) is 7.11 Å². The SMILES string of the molecule is CCCCN=C(NCCc1ccc(OC)cc1)NCCn1cnnc1CC. The van der Waals surface area contributed by atoms with Crippen molar-refractivity contribution in [3.63, 3.8) is 0 Å². The van der Waals surface area contributed by atoms with Crippen LogP contribution in [-0.4, -0.2) is 47.5 Å². The van der Waals surface area contributed by atoms with Crippen LogP contribution in [0.4, 0.5) is 0 Å². The number of methoxy groups -OCH3 is 1. The third-order valence-electron chi connectivity index (χ3n) is 4.30. The minimum absolute atomic E-state index is 0.783. The van der Waals surface area contributed by atoms with Gasteiger partial charge in [0, 0.05) is 32.6 Å². The van der Waals surface area contributed by atoms with Crippen LogP contribution in [0.25, 0.3) is 0 Å². The average molecular weight is 373 g/mol. The van der Waals surface area contributed by atoms with Crippen molar-refractivity contribution in [2.45, 2.75) is 46.1 Å². The molecule has 0 unspecified atom stereocenters. The number of ether oxygens (including phenoxy) is 1. The summed E-state index contributed by atoms with van der Waals surface area (Å²) in [6.45, 7) is 7.54. The fourth-order valence-electron chi connectivity index (χ4n) is 2.67. The number of aryl methyl sites for hydroxylation is 1. The van der Waals surface area contributed by atoms with Crippen molar-refractivity contribution in [3.05, 3.63) is 42.0 Å². The molecule has 0 aliphatic carbocycles. The highest BCUT2D eigenvalue weighted by atomic mass is 16.5. The Bertz CT molecular complexity index is 680. The lowest BCUT2D eigenvalue weighted by atomic mass is 10.1. The molecule has 2 rings (SSSR count). The van der Waals surface area contributed by atoms with Crippen molar-refractivity contribution in [2.75, 3.05) is 26.7 Å². The van der Waals surface area contributed by atoms with Gasteiger partial charge in [-0.15, -0.1) is 10.2 Å². The van der Waals surface area contributed by atoms with Crippen molar-refractivity contribution < 1.29 is 4.74 Å². The van der Waals surface area contributed by atoms with Crippen LogP contribution in [0.2, 0.25) is 0 Å². The molecule has 1 heterocycles. The summed E-state index contributed by atoms with van der Waals surface area (Å²) in [6.07, 6.45) is 5.84. The van der Waals surface area contributed by atoms with E-state index in [1.807, 2.05) is 12.1 Å². The van der Waals surface area contributed by atoms with Gasteiger partial charge in [0.1, 0.15) is 17.9 Å². The third-order valence-corrected chi connectivity index (χ3v) is 4.30. The molecule has 0 fully saturated rings. The fraction of sp³-hybridized carbons (Fsp3) is 0.550. The summed E-state index contributed by atoms with van der Waals surface area (Å²) in [5.74, 6) is 2.76. The van der Waals surface area contributed by atoms with Gasteiger partial charge in [-0.3, -0.25) is 4.99 Å². The number of nitrogens with zero attached hydrogens (tertiary/aromatic N) is 4. The van der Waals surface area contributed by atoms with E-state index in [-0.39, 0.29) is 0 Å². The van der Waals surface area contributed by atoms with Gasteiger partial charge in [-0.1, -0.05) is 32.4 Å². The zero-order valence-corrected chi connectivity index (χ0v) is 16.7. The van der Waals surface area contributed by atoms with Gasteiger partial charge in [-0.25, -0.2) is 0 Å². The molecule has 0 saturated heterocycles. The Hall–Kier alpha value is -2.57. The molecular weight excluding hydrogens is 340 g/mol. The summed E-state index contributed by atoms with van der Waals surface area (Å²) >= 11 is 0. The van der Waals surface area contributed by atoms with Gasteiger partial charge in [-0.05, 0) is 30.5 Å². The molecule has 1 aromatic heterocycles. The Morgan fingerprint density at radius 3 is 2.63 bits per heavy atom. The summed E-state index contributed by atoms with van der Waals surface area (Å²) in [7, 11) is 1.69. The zero-order chi connectivity index (χ0) is 19.3. The molecule has 2 aromatic rings. The molecule has 7 nitrogen and oxygen atoms in total. The first-order chi connectivity index (χ1) is 13.3. The van der Waals surface area contributed by atoms with E-state index in [2.05, 4.69) is 56.4 Å². The Morgan fingerprint density at radius 2 is 1.93 bits per heavy atom. The van der Waals surface area contributed by atoms with Gasteiger partial charge in [0.15, 0.2) is 5.96 Å². The number of unbranched alkanes of at least 4 members (excludes halogenated alkanes) is 1. The maximum absolute atomic E-state index is 5.20. The van der Waals surface area contributed by atoms with Crippen LogP contribution in [0.1, 0.15) is 38.1 Å². The standard InChI is InChI=1S/C20H32N6O/c1-4-6-12-21-20(23-14-15-26-16-24-25-19(26)5-2)22-13-11-17-7-9-18(27-3)10-8-17/h7-10,16H,4-6,11-15H2,1-3H3,(H2,21,22,23). The largest absolute Gasteiger partial charge is 0.497 e. The highest BCUT2D eigenvalue weighted by molar-refractivity contribution is 5.79. The normalized spacial score (nSPS) is 11.4. The third kappa shape index (κ3) is 7.29. The molecule has 27 heavy (non-hydrogen) atoms. The molecule has 7 heteroatoms. The van der Waals surface area contributed by atoms with Crippen LogP contribution in [-0.2, 0) is 19.4 Å². The lowest BCUT2D eigenvalue weighted by Crippen LogP contribution is -2.40. The van der Waals surface area contributed by atoms with Crippen LogP contribution in [0.15, 0.2) is 35.6 Å². The van der Waals surface area contributed by atoms with Crippen molar-refractivity contribution in [1.82, 2.24) is 25.4 Å². The summed E-state index contributed by atoms with van der Waals surface area (Å²) in [4.78, 5) is 4.67. The van der Waals surface area contributed by atoms with Crippen molar-refractivity contribution in [2.24, 2.45) is 4.99 Å². The van der Waals surface area contributed by atoms with Gasteiger partial charge in [0.2, 0.25) is 0 Å². The minimum atomic E-state index is 0.783. The molecule has 0 spiro atoms. The number of benzene rings is 1. The molecule has 0 saturated carbocycles. The van der Waals surface area contributed by atoms with Crippen LogP contribution in [0, 0.1) is 0 Å². The first-order valence-corrected chi connectivity index (χ1v) is 9.78. The van der Waals surface area contributed by atoms with E-state index in [9.17, 15) is 0 Å². The molecule has 0 bridgehead atoms. The maximum Gasteiger partial charge on any atom is 0.191 e. The second-order valence-corrected chi connectivity index (χ2v) is 6.33.